The number of hydrogen-bond acceptors (Lipinski definition) is 8. The molecular weight excluding hydrogens is 355 g/mol. The van der Waals surface area contributed by atoms with E-state index in [-0.39, 0.29) is 6.61 Å². The number of carboxylic acid groups (broad SMARTS) is 1. The number of aliphatic hydroxyl groups is 1. The van der Waals surface area contributed by atoms with Crippen LogP contribution in [0, 0.1) is 0 Å². The molecule has 2 fully saturated rings. The molecule has 4 unspecified atom stereocenters. The Hall–Kier alpha value is -1.64. The number of aliphatic hydroxyl groups excluding tert-OH is 1. The SMILES string of the molecule is COc1ccc(O[C@@H]2OC3COC(P)O[C@@H]3C(OC(=O)O)[C@@H]2O)cc1. The normalized spacial score (nSPS) is 34.7. The third kappa shape index (κ3) is 4.13. The number of methoxy groups -OCH3 is 1. The van der Waals surface area contributed by atoms with E-state index < -0.39 is 42.9 Å². The molecule has 2 N–H and O–H groups in total. The van der Waals surface area contributed by atoms with Gasteiger partial charge in [-0.3, -0.25) is 0 Å². The van der Waals surface area contributed by atoms with Gasteiger partial charge in [0, 0.05) is 0 Å². The lowest BCUT2D eigenvalue weighted by atomic mass is 9.98. The molecule has 0 radical (unpaired) electrons. The molecule has 7 atom stereocenters. The number of carbonyl (C=O) groups is 1. The van der Waals surface area contributed by atoms with Gasteiger partial charge >= 0.3 is 6.16 Å². The standard InChI is InChI=1S/C15H19O9P/c1-19-7-2-4-8(5-3-7)21-13-10(16)12(23-14(17)18)11-9(22-13)6-20-15(25)24-11/h2-5,9-13,15-16H,6,25H2,1H3,(H,17,18)/t9?,10-,11-,12?,13+,15?/m0/s1. The van der Waals surface area contributed by atoms with Gasteiger partial charge in [0.2, 0.25) is 6.29 Å². The van der Waals surface area contributed by atoms with Crippen molar-refractivity contribution in [2.45, 2.75) is 36.7 Å². The molecule has 25 heavy (non-hydrogen) atoms. The molecule has 2 heterocycles. The van der Waals surface area contributed by atoms with Crippen LogP contribution in [0.5, 0.6) is 11.5 Å². The van der Waals surface area contributed by atoms with E-state index >= 15 is 0 Å². The lowest BCUT2D eigenvalue weighted by molar-refractivity contribution is -0.331. The molecule has 138 valence electrons. The fourth-order valence-corrected chi connectivity index (χ4v) is 3.01. The highest BCUT2D eigenvalue weighted by Gasteiger charge is 2.52. The van der Waals surface area contributed by atoms with Crippen molar-refractivity contribution in [2.24, 2.45) is 0 Å². The summed E-state index contributed by atoms with van der Waals surface area (Å²) in [6.45, 7) is 0.146. The summed E-state index contributed by atoms with van der Waals surface area (Å²) < 4.78 is 32.0. The monoisotopic (exact) mass is 374 g/mol. The first kappa shape index (κ1) is 18.2. The van der Waals surface area contributed by atoms with Gasteiger partial charge < -0.3 is 38.6 Å². The predicted octanol–water partition coefficient (Wildman–Crippen LogP) is 0.797. The Kier molecular flexibility index (Phi) is 5.61. The first-order valence-electron chi connectivity index (χ1n) is 7.54. The predicted molar refractivity (Wildman–Crippen MR) is 85.5 cm³/mol. The second-order valence-electron chi connectivity index (χ2n) is 5.48. The molecule has 0 spiro atoms. The Bertz CT molecular complexity index is 595. The van der Waals surface area contributed by atoms with Crippen LogP contribution in [-0.4, -0.2) is 66.8 Å². The molecule has 2 aliphatic rings. The van der Waals surface area contributed by atoms with Crippen LogP contribution in [0.25, 0.3) is 0 Å². The highest BCUT2D eigenvalue weighted by molar-refractivity contribution is 7.16. The molecule has 3 rings (SSSR count). The Balaban J connectivity index is 1.76. The van der Waals surface area contributed by atoms with E-state index in [4.69, 9.17) is 33.5 Å². The fourth-order valence-electron chi connectivity index (χ4n) is 2.71. The minimum absolute atomic E-state index is 0.146. The average Bonchev–Trinajstić information content (AvgIpc) is 2.59. The summed E-state index contributed by atoms with van der Waals surface area (Å²) in [4.78, 5) is 11.0. The minimum atomic E-state index is -1.52. The summed E-state index contributed by atoms with van der Waals surface area (Å²) in [5.74, 6) is 1.06. The van der Waals surface area contributed by atoms with Crippen LogP contribution < -0.4 is 9.47 Å². The fraction of sp³-hybridized carbons (Fsp3) is 0.533. The lowest BCUT2D eigenvalue weighted by Crippen LogP contribution is -2.64. The Morgan fingerprint density at radius 2 is 1.92 bits per heavy atom. The lowest BCUT2D eigenvalue weighted by Gasteiger charge is -2.46. The van der Waals surface area contributed by atoms with Crippen molar-refractivity contribution in [3.8, 4) is 11.5 Å². The summed E-state index contributed by atoms with van der Waals surface area (Å²) in [7, 11) is 3.85. The van der Waals surface area contributed by atoms with E-state index in [1.54, 1.807) is 31.4 Å². The van der Waals surface area contributed by atoms with Crippen LogP contribution in [0.4, 0.5) is 4.79 Å². The topological polar surface area (TPSA) is 113 Å². The summed E-state index contributed by atoms with van der Waals surface area (Å²) in [6.07, 6.45) is -6.68. The molecule has 2 aliphatic heterocycles. The highest BCUT2D eigenvalue weighted by atomic mass is 31.0. The number of hydrogen-bond donors (Lipinski definition) is 2. The van der Waals surface area contributed by atoms with Crippen molar-refractivity contribution in [1.82, 2.24) is 0 Å². The molecule has 0 amide bonds. The molecule has 2 saturated heterocycles. The number of benzene rings is 1. The molecule has 10 heteroatoms. The van der Waals surface area contributed by atoms with Gasteiger partial charge in [-0.25, -0.2) is 4.79 Å². The smallest absolute Gasteiger partial charge is 0.497 e. The Labute approximate surface area is 145 Å². The highest BCUT2D eigenvalue weighted by Crippen LogP contribution is 2.33. The molecule has 1 aromatic carbocycles. The second-order valence-corrected chi connectivity index (χ2v) is 6.02. The summed E-state index contributed by atoms with van der Waals surface area (Å²) in [5.41, 5.74) is 0. The zero-order valence-corrected chi connectivity index (χ0v) is 14.5. The Morgan fingerprint density at radius 1 is 1.24 bits per heavy atom. The van der Waals surface area contributed by atoms with Crippen LogP contribution in [0.3, 0.4) is 0 Å². The molecule has 1 aromatic rings. The molecule has 0 aromatic heterocycles. The van der Waals surface area contributed by atoms with Gasteiger partial charge in [0.1, 0.15) is 23.7 Å². The van der Waals surface area contributed by atoms with Crippen LogP contribution in [-0.2, 0) is 18.9 Å². The minimum Gasteiger partial charge on any atom is -0.497 e. The van der Waals surface area contributed by atoms with Crippen LogP contribution in [0.1, 0.15) is 0 Å². The molecular formula is C15H19O9P. The Morgan fingerprint density at radius 3 is 2.56 bits per heavy atom. The van der Waals surface area contributed by atoms with Gasteiger partial charge in [-0.05, 0) is 24.3 Å². The maximum Gasteiger partial charge on any atom is 0.506 e. The van der Waals surface area contributed by atoms with Crippen molar-refractivity contribution >= 4 is 15.4 Å². The zero-order chi connectivity index (χ0) is 18.0. The van der Waals surface area contributed by atoms with E-state index in [9.17, 15) is 9.90 Å². The van der Waals surface area contributed by atoms with Crippen LogP contribution in [0.15, 0.2) is 24.3 Å². The molecule has 0 saturated carbocycles. The van der Waals surface area contributed by atoms with Crippen LogP contribution in [0.2, 0.25) is 0 Å². The zero-order valence-electron chi connectivity index (χ0n) is 13.3. The number of ether oxygens (including phenoxy) is 6. The average molecular weight is 374 g/mol. The van der Waals surface area contributed by atoms with Gasteiger partial charge in [0.15, 0.2) is 18.2 Å². The van der Waals surface area contributed by atoms with E-state index in [1.807, 2.05) is 0 Å². The quantitative estimate of drug-likeness (QED) is 0.583. The van der Waals surface area contributed by atoms with E-state index in [0.29, 0.717) is 11.5 Å². The number of rotatable bonds is 4. The summed E-state index contributed by atoms with van der Waals surface area (Å²) in [6, 6.07) is 6.01. The maximum atomic E-state index is 11.0. The van der Waals surface area contributed by atoms with Crippen molar-refractivity contribution in [3.63, 3.8) is 0 Å². The summed E-state index contributed by atoms with van der Waals surface area (Å²) >= 11 is 0. The first-order chi connectivity index (χ1) is 12.0. The van der Waals surface area contributed by atoms with Crippen molar-refractivity contribution in [2.75, 3.05) is 13.7 Å². The largest absolute Gasteiger partial charge is 0.506 e. The van der Waals surface area contributed by atoms with E-state index in [1.165, 1.54) is 0 Å². The van der Waals surface area contributed by atoms with E-state index in [2.05, 4.69) is 9.24 Å². The molecule has 0 aliphatic carbocycles. The summed E-state index contributed by atoms with van der Waals surface area (Å²) in [5, 5.41) is 19.4. The number of fused-ring (bicyclic) bond motifs is 1. The molecule has 0 bridgehead atoms. The van der Waals surface area contributed by atoms with Gasteiger partial charge in [-0.2, -0.15) is 0 Å². The van der Waals surface area contributed by atoms with Gasteiger partial charge in [-0.1, -0.05) is 9.24 Å². The van der Waals surface area contributed by atoms with Crippen molar-refractivity contribution in [3.05, 3.63) is 24.3 Å². The third-order valence-electron chi connectivity index (χ3n) is 3.88. The third-order valence-corrected chi connectivity index (χ3v) is 4.23. The second kappa shape index (κ2) is 7.72. The molecule has 9 nitrogen and oxygen atoms in total. The van der Waals surface area contributed by atoms with Crippen LogP contribution >= 0.6 is 9.24 Å². The van der Waals surface area contributed by atoms with Gasteiger partial charge in [-0.15, -0.1) is 0 Å². The van der Waals surface area contributed by atoms with Crippen molar-refractivity contribution < 1.29 is 43.4 Å². The first-order valence-corrected chi connectivity index (χ1v) is 8.21. The van der Waals surface area contributed by atoms with Crippen molar-refractivity contribution in [1.29, 1.82) is 0 Å². The maximum absolute atomic E-state index is 11.0. The van der Waals surface area contributed by atoms with E-state index in [0.717, 1.165) is 0 Å². The van der Waals surface area contributed by atoms with Gasteiger partial charge in [0.25, 0.3) is 0 Å². The van der Waals surface area contributed by atoms with Gasteiger partial charge in [0.05, 0.1) is 13.7 Å².